The van der Waals surface area contributed by atoms with Crippen molar-refractivity contribution >= 4 is 82.6 Å². The molecule has 10 amide bonds. The van der Waals surface area contributed by atoms with Crippen LogP contribution >= 0.6 is 23.5 Å². The number of nitrogens with one attached hydrogen (secondary N) is 9. The van der Waals surface area contributed by atoms with Gasteiger partial charge in [-0.15, -0.1) is 0 Å². The first-order chi connectivity index (χ1) is 34.7. The Hall–Kier alpha value is -5.46. The van der Waals surface area contributed by atoms with Crippen molar-refractivity contribution in [3.8, 4) is 0 Å². The highest BCUT2D eigenvalue weighted by Gasteiger charge is 2.42. The van der Waals surface area contributed by atoms with Crippen molar-refractivity contribution in [2.24, 2.45) is 23.3 Å². The molecule has 13 N–H and O–H groups in total. The summed E-state index contributed by atoms with van der Waals surface area (Å²) in [5.41, 5.74) is 12.6. The molecule has 3 fully saturated rings. The number of carbonyl (C=O) groups is 10. The molecule has 11 unspecified atom stereocenters. The summed E-state index contributed by atoms with van der Waals surface area (Å²) in [7, 11) is 0. The van der Waals surface area contributed by atoms with Gasteiger partial charge < -0.3 is 64.2 Å². The predicted octanol–water partition coefficient (Wildman–Crippen LogP) is -1.70. The van der Waals surface area contributed by atoms with Crippen molar-refractivity contribution in [1.82, 2.24) is 52.8 Å². The van der Waals surface area contributed by atoms with Gasteiger partial charge in [0.15, 0.2) is 0 Å². The van der Waals surface area contributed by atoms with Crippen LogP contribution in [-0.4, -0.2) is 167 Å². The largest absolute Gasteiger partial charge is 0.354 e. The van der Waals surface area contributed by atoms with E-state index < -0.39 is 113 Å². The smallest absolute Gasteiger partial charge is 0.246 e. The first-order valence-corrected chi connectivity index (χ1v) is 27.6. The highest BCUT2D eigenvalue weighted by Crippen LogP contribution is 2.24. The molecule has 0 saturated carbocycles. The summed E-state index contributed by atoms with van der Waals surface area (Å²) in [4.78, 5) is 141. The number of fused-ring (bicyclic) bond motifs is 1. The maximum Gasteiger partial charge on any atom is 0.246 e. The minimum Gasteiger partial charge on any atom is -0.354 e. The molecular weight excluding hydrogens is 981 g/mol. The minimum atomic E-state index is -1.41. The zero-order chi connectivity index (χ0) is 53.8. The molecule has 24 heteroatoms. The Balaban J connectivity index is 1.77. The molecule has 3 heterocycles. The summed E-state index contributed by atoms with van der Waals surface area (Å²) < 4.78 is 0. The molecule has 22 nitrogen and oxygen atoms in total. The van der Waals surface area contributed by atoms with E-state index in [9.17, 15) is 47.9 Å². The number of thioether (sulfide) groups is 2. The van der Waals surface area contributed by atoms with Crippen LogP contribution in [0, 0.1) is 11.8 Å². The van der Waals surface area contributed by atoms with Crippen molar-refractivity contribution < 1.29 is 47.9 Å². The number of amides is 10. The Labute approximate surface area is 436 Å². The Kier molecular flexibility index (Phi) is 24.7. The zero-order valence-electron chi connectivity index (χ0n) is 42.9. The van der Waals surface area contributed by atoms with Gasteiger partial charge in [-0.3, -0.25) is 47.9 Å². The first-order valence-electron chi connectivity index (χ1n) is 25.4. The Morgan fingerprint density at radius 2 is 1.48 bits per heavy atom. The topological polar surface area (TPSA) is 334 Å². The normalized spacial score (nSPS) is 26.6. The molecule has 0 bridgehead atoms. The molecule has 0 aromatic heterocycles. The third kappa shape index (κ3) is 18.8. The van der Waals surface area contributed by atoms with Crippen molar-refractivity contribution in [2.45, 2.75) is 153 Å². The average molecular weight is 1060 g/mol. The summed E-state index contributed by atoms with van der Waals surface area (Å²) in [6.07, 6.45) is 2.60. The summed E-state index contributed by atoms with van der Waals surface area (Å²) in [5.74, 6) is -6.88. The fourth-order valence-electron chi connectivity index (χ4n) is 8.46. The van der Waals surface area contributed by atoms with Gasteiger partial charge >= 0.3 is 0 Å². The summed E-state index contributed by atoms with van der Waals surface area (Å²) in [5, 5.41) is 24.1. The second-order valence-corrected chi connectivity index (χ2v) is 22.0. The van der Waals surface area contributed by atoms with E-state index in [1.54, 1.807) is 44.2 Å². The van der Waals surface area contributed by atoms with Crippen molar-refractivity contribution in [1.29, 1.82) is 0 Å². The van der Waals surface area contributed by atoms with Crippen LogP contribution in [0.25, 0.3) is 0 Å². The number of hydrogen-bond acceptors (Lipinski definition) is 14. The van der Waals surface area contributed by atoms with Gasteiger partial charge in [0, 0.05) is 42.0 Å². The molecule has 3 aliphatic heterocycles. The Bertz CT molecular complexity index is 2090. The van der Waals surface area contributed by atoms with Crippen LogP contribution in [0.4, 0.5) is 0 Å². The van der Waals surface area contributed by atoms with E-state index in [1.165, 1.54) is 23.6 Å². The number of nitrogens with zero attached hydrogens (tertiary/aromatic N) is 1. The lowest BCUT2D eigenvalue weighted by atomic mass is 9.99. The number of benzene rings is 1. The first kappa shape index (κ1) is 60.1. The van der Waals surface area contributed by atoms with Gasteiger partial charge in [-0.25, -0.2) is 0 Å². The fraction of sp³-hybridized carbons (Fsp3) is 0.673. The number of rotatable bonds is 16. The third-order valence-corrected chi connectivity index (χ3v) is 15.5. The van der Waals surface area contributed by atoms with Gasteiger partial charge in [0.2, 0.25) is 59.1 Å². The summed E-state index contributed by atoms with van der Waals surface area (Å²) in [6, 6.07) is -1.77. The number of hydrogen-bond donors (Lipinski definition) is 11. The second kappa shape index (κ2) is 30.0. The molecule has 11 atom stereocenters. The molecule has 0 radical (unpaired) electrons. The minimum absolute atomic E-state index is 0.0000677. The monoisotopic (exact) mass is 1060 g/mol. The maximum atomic E-state index is 14.8. The van der Waals surface area contributed by atoms with Crippen molar-refractivity contribution in [2.75, 3.05) is 43.4 Å². The molecule has 3 saturated heterocycles. The van der Waals surface area contributed by atoms with E-state index in [4.69, 9.17) is 11.5 Å². The number of carbonyl (C=O) groups excluding carboxylic acids is 10. The van der Waals surface area contributed by atoms with Crippen molar-refractivity contribution in [3.63, 3.8) is 0 Å². The molecule has 0 aliphatic carbocycles. The predicted molar refractivity (Wildman–Crippen MR) is 279 cm³/mol. The van der Waals surface area contributed by atoms with E-state index in [-0.39, 0.29) is 68.1 Å². The molecule has 4 rings (SSSR count). The molecule has 3 aliphatic rings. The van der Waals surface area contributed by atoms with Crippen LogP contribution in [0.15, 0.2) is 30.3 Å². The summed E-state index contributed by atoms with van der Waals surface area (Å²) in [6.45, 7) is 11.0. The van der Waals surface area contributed by atoms with Crippen molar-refractivity contribution in [3.05, 3.63) is 35.9 Å². The van der Waals surface area contributed by atoms with Gasteiger partial charge in [0.05, 0.1) is 12.6 Å². The molecule has 73 heavy (non-hydrogen) atoms. The summed E-state index contributed by atoms with van der Waals surface area (Å²) >= 11 is 2.32. The molecular formula is C49H78N12O10S2. The highest BCUT2D eigenvalue weighted by atomic mass is 32.2. The van der Waals surface area contributed by atoms with Gasteiger partial charge in [-0.2, -0.15) is 23.5 Å². The van der Waals surface area contributed by atoms with Crippen LogP contribution < -0.4 is 59.3 Å². The molecule has 1 aromatic carbocycles. The van der Waals surface area contributed by atoms with Crippen LogP contribution in [0.1, 0.15) is 92.1 Å². The fourth-order valence-corrected chi connectivity index (χ4v) is 10.5. The van der Waals surface area contributed by atoms with E-state index in [0.717, 1.165) is 11.8 Å². The van der Waals surface area contributed by atoms with E-state index in [1.807, 2.05) is 20.8 Å². The van der Waals surface area contributed by atoms with Crippen LogP contribution in [0.2, 0.25) is 0 Å². The lowest BCUT2D eigenvalue weighted by molar-refractivity contribution is -0.142. The van der Waals surface area contributed by atoms with Gasteiger partial charge in [0.1, 0.15) is 48.3 Å². The van der Waals surface area contributed by atoms with E-state index in [0.29, 0.717) is 50.0 Å². The standard InChI is InChI=1S/C49H78N12O10S2/c1-7-28(4)39(51)48(70)54-29(5)41(63)58-35-25-72-26-36(46(68)60-40-30(6)73-21-19-52-38(62)24-53-47(69)37-17-13-20-61(37)49(40)71)59-43(65)33(22-27(2)3)56-44(66)34(23-31-14-9-8-10-15-31)57-42(64)32(55-45(35)67)16-11-12-18-50/h8-10,14-15,27-30,32-37,39-40H,7,11-13,16-26,50-51H2,1-6H3,(H,52,62)(H,53,69)(H,54,70)(H,55,67)(H,56,66)(H,57,64)(H,58,63)(H,59,65)(H,60,68). The van der Waals surface area contributed by atoms with Crippen LogP contribution in [0.3, 0.4) is 0 Å². The lowest BCUT2D eigenvalue weighted by Crippen LogP contribution is -2.62. The van der Waals surface area contributed by atoms with E-state index in [2.05, 4.69) is 47.9 Å². The lowest BCUT2D eigenvalue weighted by Gasteiger charge is -2.33. The van der Waals surface area contributed by atoms with Crippen LogP contribution in [-0.2, 0) is 54.4 Å². The molecule has 406 valence electrons. The van der Waals surface area contributed by atoms with Gasteiger partial charge in [-0.1, -0.05) is 71.4 Å². The SMILES string of the molecule is CCC(C)C(N)C(=O)NC(C)C(=O)NC1CSCC(C(=O)NC2C(=O)N3CCCC3C(=O)NCC(=O)NCCSC2C)NC(=O)C(CC(C)C)NC(=O)C(Cc2ccccc2)NC(=O)C(CCCCN)NC1=O. The number of unbranched alkanes of at least 4 members (excludes halogenated alkanes) is 1. The van der Waals surface area contributed by atoms with Gasteiger partial charge in [0.25, 0.3) is 0 Å². The Morgan fingerprint density at radius 1 is 0.808 bits per heavy atom. The van der Waals surface area contributed by atoms with E-state index >= 15 is 0 Å². The third-order valence-electron chi connectivity index (χ3n) is 13.1. The second-order valence-electron chi connectivity index (χ2n) is 19.4. The maximum absolute atomic E-state index is 14.8. The molecule has 1 aromatic rings. The zero-order valence-corrected chi connectivity index (χ0v) is 44.6. The Morgan fingerprint density at radius 3 is 2.16 bits per heavy atom. The van der Waals surface area contributed by atoms with Gasteiger partial charge in [-0.05, 0) is 69.4 Å². The van der Waals surface area contributed by atoms with Crippen LogP contribution in [0.5, 0.6) is 0 Å². The highest BCUT2D eigenvalue weighted by molar-refractivity contribution is 8.00. The quantitative estimate of drug-likeness (QED) is 0.0823. The number of nitrogens with two attached hydrogens (primary N) is 2. The molecule has 0 spiro atoms. The average Bonchev–Trinajstić information content (AvgIpc) is 3.86.